The second kappa shape index (κ2) is 3.45. The Morgan fingerprint density at radius 1 is 0.824 bits per heavy atom. The minimum atomic E-state index is 0.656. The van der Waals surface area contributed by atoms with E-state index in [4.69, 9.17) is 0 Å². The molecule has 0 unspecified atom stereocenters. The van der Waals surface area contributed by atoms with E-state index in [0.29, 0.717) is 10.3 Å². The Labute approximate surface area is 105 Å². The maximum absolute atomic E-state index is 4.14. The van der Waals surface area contributed by atoms with E-state index in [1.165, 1.54) is 34.4 Å². The number of nitrogens with zero attached hydrogens (tertiary/aromatic N) is 8. The van der Waals surface area contributed by atoms with E-state index in [0.717, 1.165) is 9.92 Å². The van der Waals surface area contributed by atoms with Crippen molar-refractivity contribution in [3.05, 3.63) is 11.0 Å². The van der Waals surface area contributed by atoms with Crippen molar-refractivity contribution >= 4 is 44.4 Å². The summed E-state index contributed by atoms with van der Waals surface area (Å²) in [5, 5.41) is 25.7. The second-order valence-corrected chi connectivity index (χ2v) is 5.49. The van der Waals surface area contributed by atoms with Gasteiger partial charge >= 0.3 is 0 Å². The largest absolute Gasteiger partial charge is 0.235 e. The van der Waals surface area contributed by atoms with Gasteiger partial charge in [0, 0.05) is 0 Å². The SMILES string of the molecule is c1nn2c(Sc3nnc4scnn34)nnc2s1. The molecule has 0 N–H and O–H groups in total. The highest BCUT2D eigenvalue weighted by atomic mass is 32.2. The highest BCUT2D eigenvalue weighted by molar-refractivity contribution is 7.99. The quantitative estimate of drug-likeness (QED) is 0.538. The van der Waals surface area contributed by atoms with Crippen LogP contribution in [0.2, 0.25) is 0 Å². The molecule has 0 aromatic carbocycles. The fraction of sp³-hybridized carbons (Fsp3) is 0. The first-order chi connectivity index (χ1) is 8.42. The first kappa shape index (κ1) is 9.44. The summed E-state index contributed by atoms with van der Waals surface area (Å²) in [7, 11) is 0. The lowest BCUT2D eigenvalue weighted by atomic mass is 11.2. The van der Waals surface area contributed by atoms with Crippen LogP contribution in [0.3, 0.4) is 0 Å². The molecule has 0 aliphatic carbocycles. The summed E-state index contributed by atoms with van der Waals surface area (Å²) in [6.45, 7) is 0. The van der Waals surface area contributed by atoms with Gasteiger partial charge in [0.25, 0.3) is 0 Å². The molecule has 4 rings (SSSR count). The fourth-order valence-electron chi connectivity index (χ4n) is 1.29. The third kappa shape index (κ3) is 1.36. The summed E-state index contributed by atoms with van der Waals surface area (Å²) >= 11 is 4.21. The highest BCUT2D eigenvalue weighted by Crippen LogP contribution is 2.25. The standard InChI is InChI=1S/C6H2N8S3/c1-7-13-3(15-1)9-11-5(13)17-6-12-10-4-14(6)8-2-16-4/h1-2H. The first-order valence-electron chi connectivity index (χ1n) is 4.39. The molecule has 0 spiro atoms. The first-order valence-corrected chi connectivity index (χ1v) is 6.97. The molecule has 4 heterocycles. The van der Waals surface area contributed by atoms with Crippen molar-refractivity contribution in [3.8, 4) is 0 Å². The van der Waals surface area contributed by atoms with Crippen LogP contribution in [0.25, 0.3) is 9.92 Å². The smallest absolute Gasteiger partial charge is 0.177 e. The van der Waals surface area contributed by atoms with Gasteiger partial charge in [0.1, 0.15) is 11.0 Å². The molecule has 0 saturated carbocycles. The van der Waals surface area contributed by atoms with E-state index < -0.39 is 0 Å². The Kier molecular flexibility index (Phi) is 1.92. The van der Waals surface area contributed by atoms with Crippen molar-refractivity contribution in [1.82, 2.24) is 39.6 Å². The van der Waals surface area contributed by atoms with Gasteiger partial charge < -0.3 is 0 Å². The molecular weight excluding hydrogens is 280 g/mol. The minimum absolute atomic E-state index is 0.656. The average Bonchev–Trinajstić information content (AvgIpc) is 3.03. The zero-order chi connectivity index (χ0) is 11.2. The number of fused-ring (bicyclic) bond motifs is 2. The molecule has 4 aromatic rings. The van der Waals surface area contributed by atoms with E-state index in [1.54, 1.807) is 20.1 Å². The van der Waals surface area contributed by atoms with Crippen LogP contribution in [0.4, 0.5) is 0 Å². The van der Waals surface area contributed by atoms with Crippen LogP contribution >= 0.6 is 34.4 Å². The van der Waals surface area contributed by atoms with Crippen LogP contribution in [0.5, 0.6) is 0 Å². The molecule has 11 heteroatoms. The molecule has 0 aliphatic heterocycles. The van der Waals surface area contributed by atoms with Crippen molar-refractivity contribution in [2.45, 2.75) is 10.3 Å². The zero-order valence-electron chi connectivity index (χ0n) is 7.96. The lowest BCUT2D eigenvalue weighted by Gasteiger charge is -1.91. The predicted octanol–water partition coefficient (Wildman–Crippen LogP) is 0.836. The zero-order valence-corrected chi connectivity index (χ0v) is 10.4. The third-order valence-corrected chi connectivity index (χ3v) is 4.20. The lowest BCUT2D eigenvalue weighted by Crippen LogP contribution is -1.91. The molecule has 0 amide bonds. The van der Waals surface area contributed by atoms with Gasteiger partial charge in [-0.3, -0.25) is 0 Å². The highest BCUT2D eigenvalue weighted by Gasteiger charge is 2.14. The fourth-order valence-corrected chi connectivity index (χ4v) is 3.29. The molecule has 0 atom stereocenters. The van der Waals surface area contributed by atoms with E-state index >= 15 is 0 Å². The summed E-state index contributed by atoms with van der Waals surface area (Å²) in [4.78, 5) is 1.51. The van der Waals surface area contributed by atoms with Gasteiger partial charge in [-0.1, -0.05) is 22.7 Å². The Bertz CT molecular complexity index is 725. The maximum Gasteiger partial charge on any atom is 0.235 e. The van der Waals surface area contributed by atoms with Crippen LogP contribution < -0.4 is 0 Å². The minimum Gasteiger partial charge on any atom is -0.177 e. The molecule has 0 fully saturated rings. The molecule has 4 aromatic heterocycles. The van der Waals surface area contributed by atoms with Crippen molar-refractivity contribution in [2.24, 2.45) is 0 Å². The molecule has 0 bridgehead atoms. The molecule has 84 valence electrons. The number of rotatable bonds is 2. The predicted molar refractivity (Wildman–Crippen MR) is 61.4 cm³/mol. The normalized spacial score (nSPS) is 11.8. The molecule has 0 radical (unpaired) electrons. The Balaban J connectivity index is 1.83. The van der Waals surface area contributed by atoms with Crippen molar-refractivity contribution in [2.75, 3.05) is 0 Å². The van der Waals surface area contributed by atoms with Crippen molar-refractivity contribution < 1.29 is 0 Å². The van der Waals surface area contributed by atoms with Gasteiger partial charge in [0.05, 0.1) is 0 Å². The van der Waals surface area contributed by atoms with Crippen LogP contribution in [-0.4, -0.2) is 39.6 Å². The Morgan fingerprint density at radius 2 is 1.35 bits per heavy atom. The van der Waals surface area contributed by atoms with Crippen LogP contribution in [0.1, 0.15) is 0 Å². The third-order valence-electron chi connectivity index (χ3n) is 1.99. The van der Waals surface area contributed by atoms with Crippen LogP contribution in [0, 0.1) is 0 Å². The van der Waals surface area contributed by atoms with Gasteiger partial charge in [-0.25, -0.2) is 0 Å². The summed E-state index contributed by atoms with van der Waals surface area (Å²) in [5.74, 6) is 0. The Morgan fingerprint density at radius 3 is 1.88 bits per heavy atom. The number of hydrogen-bond donors (Lipinski definition) is 0. The molecular formula is C6H2N8S3. The van der Waals surface area contributed by atoms with E-state index in [-0.39, 0.29) is 0 Å². The van der Waals surface area contributed by atoms with E-state index in [1.807, 2.05) is 0 Å². The van der Waals surface area contributed by atoms with Gasteiger partial charge in [-0.2, -0.15) is 19.2 Å². The van der Waals surface area contributed by atoms with Crippen LogP contribution in [0.15, 0.2) is 21.3 Å². The average molecular weight is 282 g/mol. The summed E-state index contributed by atoms with van der Waals surface area (Å²) < 4.78 is 3.34. The molecule has 0 aliphatic rings. The summed E-state index contributed by atoms with van der Waals surface area (Å²) in [5.41, 5.74) is 3.44. The summed E-state index contributed by atoms with van der Waals surface area (Å²) in [6.07, 6.45) is 0. The Hall–Kier alpha value is -1.59. The lowest BCUT2D eigenvalue weighted by molar-refractivity contribution is 0.792. The van der Waals surface area contributed by atoms with Crippen molar-refractivity contribution in [1.29, 1.82) is 0 Å². The maximum atomic E-state index is 4.14. The van der Waals surface area contributed by atoms with Gasteiger partial charge in [0.15, 0.2) is 0 Å². The van der Waals surface area contributed by atoms with Gasteiger partial charge in [0.2, 0.25) is 20.2 Å². The van der Waals surface area contributed by atoms with Crippen LogP contribution in [-0.2, 0) is 0 Å². The van der Waals surface area contributed by atoms with E-state index in [2.05, 4.69) is 30.6 Å². The van der Waals surface area contributed by atoms with Gasteiger partial charge in [-0.15, -0.1) is 20.4 Å². The van der Waals surface area contributed by atoms with Gasteiger partial charge in [-0.05, 0) is 11.8 Å². The number of hydrogen-bond acceptors (Lipinski definition) is 9. The topological polar surface area (TPSA) is 86.2 Å². The molecule has 17 heavy (non-hydrogen) atoms. The van der Waals surface area contributed by atoms with Crippen molar-refractivity contribution in [3.63, 3.8) is 0 Å². The van der Waals surface area contributed by atoms with E-state index in [9.17, 15) is 0 Å². The monoisotopic (exact) mass is 282 g/mol. The number of aromatic nitrogens is 8. The molecule has 0 saturated heterocycles. The summed E-state index contributed by atoms with van der Waals surface area (Å²) in [6, 6.07) is 0. The second-order valence-electron chi connectivity index (χ2n) is 2.93. The molecule has 8 nitrogen and oxygen atoms in total.